The first-order chi connectivity index (χ1) is 8.76. The summed E-state index contributed by atoms with van der Waals surface area (Å²) in [5.41, 5.74) is 0.474. The van der Waals surface area contributed by atoms with Gasteiger partial charge in [0.15, 0.2) is 0 Å². The van der Waals surface area contributed by atoms with E-state index in [1.165, 1.54) is 6.07 Å². The number of benzene rings is 1. The van der Waals surface area contributed by atoms with Crippen LogP contribution in [-0.2, 0) is 20.0 Å². The molecule has 0 aliphatic carbocycles. The summed E-state index contributed by atoms with van der Waals surface area (Å²) in [6.07, 6.45) is 0.125. The van der Waals surface area contributed by atoms with Crippen molar-refractivity contribution in [2.45, 2.75) is 11.3 Å². The number of hydrogen-bond donors (Lipinski definition) is 3. The zero-order valence-corrected chi connectivity index (χ0v) is 12.1. The molecule has 19 heavy (non-hydrogen) atoms. The summed E-state index contributed by atoms with van der Waals surface area (Å²) in [4.78, 5) is 0.119. The van der Waals surface area contributed by atoms with Gasteiger partial charge in [-0.15, -0.1) is 0 Å². The minimum absolute atomic E-state index is 0.0107. The highest BCUT2D eigenvalue weighted by molar-refractivity contribution is 7.89. The largest absolute Gasteiger partial charge is 0.387 e. The summed E-state index contributed by atoms with van der Waals surface area (Å²) in [5.74, 6) is -0.261. The first-order valence-corrected chi connectivity index (χ1v) is 8.73. The van der Waals surface area contributed by atoms with Gasteiger partial charge in [-0.1, -0.05) is 12.1 Å². The molecule has 0 aromatic heterocycles. The van der Waals surface area contributed by atoms with Crippen molar-refractivity contribution >= 4 is 25.7 Å². The van der Waals surface area contributed by atoms with E-state index in [1.807, 2.05) is 0 Å². The van der Waals surface area contributed by atoms with Gasteiger partial charge in [0, 0.05) is 13.6 Å². The topological polar surface area (TPSA) is 118 Å². The average molecular weight is 307 g/mol. The molecule has 0 aliphatic heterocycles. The lowest BCUT2D eigenvalue weighted by molar-refractivity contribution is 0.577. The number of rotatable bonds is 7. The molecule has 0 unspecified atom stereocenters. The molecule has 108 valence electrons. The summed E-state index contributed by atoms with van der Waals surface area (Å²) >= 11 is 0. The Hall–Kier alpha value is -1.16. The van der Waals surface area contributed by atoms with Crippen LogP contribution in [0.25, 0.3) is 0 Å². The molecule has 0 heterocycles. The number of hydrogen-bond acceptors (Lipinski definition) is 5. The van der Waals surface area contributed by atoms with E-state index in [4.69, 9.17) is 5.14 Å². The molecule has 1 rings (SSSR count). The van der Waals surface area contributed by atoms with Gasteiger partial charge in [0.1, 0.15) is 4.90 Å². The Balaban J connectivity index is 2.71. The summed E-state index contributed by atoms with van der Waals surface area (Å²) in [6, 6.07) is 6.43. The molecule has 0 fully saturated rings. The highest BCUT2D eigenvalue weighted by atomic mass is 32.2. The molecule has 0 aliphatic rings. The van der Waals surface area contributed by atoms with E-state index in [-0.39, 0.29) is 23.6 Å². The number of para-hydroxylation sites is 1. The Bertz CT molecular complexity index is 626. The number of nitrogens with one attached hydrogen (secondary N) is 2. The van der Waals surface area contributed by atoms with Gasteiger partial charge in [0.05, 0.1) is 11.4 Å². The van der Waals surface area contributed by atoms with Crippen LogP contribution in [0.4, 0.5) is 5.69 Å². The standard InChI is InChI=1S/C10H17N3O4S2/c1-12-9-5-2-3-6-10(9)19(16,17)13-7-4-8-18(11,14)15/h2-3,5-6,12-13H,4,7-8H2,1H3,(H2,11,14,15). The van der Waals surface area contributed by atoms with Gasteiger partial charge < -0.3 is 5.32 Å². The van der Waals surface area contributed by atoms with Gasteiger partial charge in [0.25, 0.3) is 0 Å². The molecule has 0 bridgehead atoms. The number of primary sulfonamides is 1. The van der Waals surface area contributed by atoms with Gasteiger partial charge in [-0.05, 0) is 18.6 Å². The van der Waals surface area contributed by atoms with Gasteiger partial charge in [-0.2, -0.15) is 0 Å². The zero-order chi connectivity index (χ0) is 14.5. The smallest absolute Gasteiger partial charge is 0.242 e. The van der Waals surface area contributed by atoms with Crippen LogP contribution in [-0.4, -0.2) is 36.2 Å². The maximum absolute atomic E-state index is 12.0. The molecule has 0 amide bonds. The van der Waals surface area contributed by atoms with Crippen LogP contribution in [0.3, 0.4) is 0 Å². The maximum atomic E-state index is 12.0. The summed E-state index contributed by atoms with van der Waals surface area (Å²) in [5, 5.41) is 7.61. The average Bonchev–Trinajstić information content (AvgIpc) is 2.33. The minimum atomic E-state index is -3.67. The van der Waals surface area contributed by atoms with E-state index in [9.17, 15) is 16.8 Å². The van der Waals surface area contributed by atoms with Crippen molar-refractivity contribution in [3.8, 4) is 0 Å². The summed E-state index contributed by atoms with van der Waals surface area (Å²) in [7, 11) is -5.62. The normalized spacial score (nSPS) is 12.3. The second-order valence-electron chi connectivity index (χ2n) is 3.86. The predicted octanol–water partition coefficient (Wildman–Crippen LogP) is -0.315. The zero-order valence-electron chi connectivity index (χ0n) is 10.5. The molecular formula is C10H17N3O4S2. The third-order valence-corrected chi connectivity index (χ3v) is 4.72. The first kappa shape index (κ1) is 15.9. The van der Waals surface area contributed by atoms with Crippen molar-refractivity contribution in [3.05, 3.63) is 24.3 Å². The fourth-order valence-electron chi connectivity index (χ4n) is 1.47. The third kappa shape index (κ3) is 5.15. The second-order valence-corrected chi connectivity index (χ2v) is 7.33. The van der Waals surface area contributed by atoms with E-state index in [1.54, 1.807) is 25.2 Å². The second kappa shape index (κ2) is 6.33. The van der Waals surface area contributed by atoms with Gasteiger partial charge in [0.2, 0.25) is 20.0 Å². The quantitative estimate of drug-likeness (QED) is 0.597. The molecule has 0 radical (unpaired) electrons. The van der Waals surface area contributed by atoms with Crippen LogP contribution >= 0.6 is 0 Å². The van der Waals surface area contributed by atoms with E-state index in [0.717, 1.165) is 0 Å². The van der Waals surface area contributed by atoms with Crippen molar-refractivity contribution in [3.63, 3.8) is 0 Å². The summed E-state index contributed by atoms with van der Waals surface area (Å²) in [6.45, 7) is 0.0107. The van der Waals surface area contributed by atoms with Crippen molar-refractivity contribution in [2.75, 3.05) is 24.7 Å². The fourth-order valence-corrected chi connectivity index (χ4v) is 3.30. The Morgan fingerprint density at radius 3 is 2.37 bits per heavy atom. The lowest BCUT2D eigenvalue weighted by Crippen LogP contribution is -2.28. The number of nitrogens with two attached hydrogens (primary N) is 1. The van der Waals surface area contributed by atoms with Crippen LogP contribution in [0.1, 0.15) is 6.42 Å². The molecule has 9 heteroatoms. The van der Waals surface area contributed by atoms with E-state index in [0.29, 0.717) is 5.69 Å². The van der Waals surface area contributed by atoms with Crippen molar-refractivity contribution in [1.82, 2.24) is 4.72 Å². The molecule has 0 saturated carbocycles. The van der Waals surface area contributed by atoms with Gasteiger partial charge in [-0.25, -0.2) is 26.7 Å². The highest BCUT2D eigenvalue weighted by Gasteiger charge is 2.17. The predicted molar refractivity (Wildman–Crippen MR) is 73.8 cm³/mol. The third-order valence-electron chi connectivity index (χ3n) is 2.34. The molecule has 7 nitrogen and oxygen atoms in total. The van der Waals surface area contributed by atoms with Crippen LogP contribution in [0.5, 0.6) is 0 Å². The van der Waals surface area contributed by atoms with Crippen LogP contribution < -0.4 is 15.2 Å². The molecule has 0 spiro atoms. The lowest BCUT2D eigenvalue weighted by atomic mass is 10.3. The Morgan fingerprint density at radius 1 is 1.16 bits per heavy atom. The SMILES string of the molecule is CNc1ccccc1S(=O)(=O)NCCCS(N)(=O)=O. The van der Waals surface area contributed by atoms with E-state index >= 15 is 0 Å². The Morgan fingerprint density at radius 2 is 1.79 bits per heavy atom. The Kier molecular flexibility index (Phi) is 5.29. The fraction of sp³-hybridized carbons (Fsp3) is 0.400. The van der Waals surface area contributed by atoms with Crippen molar-refractivity contribution in [1.29, 1.82) is 0 Å². The van der Waals surface area contributed by atoms with Crippen LogP contribution in [0.15, 0.2) is 29.2 Å². The van der Waals surface area contributed by atoms with Crippen molar-refractivity contribution in [2.24, 2.45) is 5.14 Å². The molecule has 0 saturated heterocycles. The van der Waals surface area contributed by atoms with E-state index < -0.39 is 20.0 Å². The summed E-state index contributed by atoms with van der Waals surface area (Å²) < 4.78 is 47.8. The highest BCUT2D eigenvalue weighted by Crippen LogP contribution is 2.19. The lowest BCUT2D eigenvalue weighted by Gasteiger charge is -2.10. The first-order valence-electron chi connectivity index (χ1n) is 5.53. The Labute approximate surface area is 113 Å². The van der Waals surface area contributed by atoms with Gasteiger partial charge >= 0.3 is 0 Å². The number of sulfonamides is 2. The van der Waals surface area contributed by atoms with Crippen molar-refractivity contribution < 1.29 is 16.8 Å². The molecule has 1 aromatic rings. The van der Waals surface area contributed by atoms with E-state index in [2.05, 4.69) is 10.0 Å². The molecule has 4 N–H and O–H groups in total. The van der Waals surface area contributed by atoms with Gasteiger partial charge in [-0.3, -0.25) is 0 Å². The van der Waals surface area contributed by atoms with Crippen LogP contribution in [0, 0.1) is 0 Å². The molecular weight excluding hydrogens is 290 g/mol. The van der Waals surface area contributed by atoms with Crippen LogP contribution in [0.2, 0.25) is 0 Å². The molecule has 1 aromatic carbocycles. The molecule has 0 atom stereocenters. The maximum Gasteiger partial charge on any atom is 0.242 e. The number of anilines is 1. The minimum Gasteiger partial charge on any atom is -0.387 e. The monoisotopic (exact) mass is 307 g/mol.